The van der Waals surface area contributed by atoms with E-state index in [1.54, 1.807) is 18.6 Å². The molecule has 6 heteroatoms. The topological polar surface area (TPSA) is 89.8 Å². The van der Waals surface area contributed by atoms with Gasteiger partial charge in [0, 0.05) is 35.6 Å². The van der Waals surface area contributed by atoms with Crippen LogP contribution in [-0.2, 0) is 0 Å². The molecular formula is C22H17N5O. The van der Waals surface area contributed by atoms with Gasteiger partial charge < -0.3 is 15.0 Å². The molecule has 2 aromatic heterocycles. The number of nitrogen functional groups attached to an aromatic ring is 1. The smallest absolute Gasteiger partial charge is 0.237 e. The van der Waals surface area contributed by atoms with Gasteiger partial charge in [0.1, 0.15) is 11.8 Å². The minimum absolute atomic E-state index is 0.393. The third-order valence-electron chi connectivity index (χ3n) is 4.95. The molecule has 0 amide bonds. The van der Waals surface area contributed by atoms with Crippen LogP contribution < -0.4 is 10.5 Å². The van der Waals surface area contributed by atoms with E-state index in [9.17, 15) is 5.26 Å². The molecule has 136 valence electrons. The monoisotopic (exact) mass is 367 g/mol. The molecule has 5 rings (SSSR count). The van der Waals surface area contributed by atoms with Crippen molar-refractivity contribution in [2.24, 2.45) is 0 Å². The molecule has 4 aromatic rings. The molecule has 2 aromatic carbocycles. The van der Waals surface area contributed by atoms with Gasteiger partial charge in [-0.05, 0) is 42.7 Å². The Morgan fingerprint density at radius 2 is 1.93 bits per heavy atom. The zero-order valence-electron chi connectivity index (χ0n) is 15.0. The van der Waals surface area contributed by atoms with E-state index in [1.807, 2.05) is 42.5 Å². The highest BCUT2D eigenvalue weighted by atomic mass is 16.5. The lowest BCUT2D eigenvalue weighted by Gasteiger charge is -2.11. The summed E-state index contributed by atoms with van der Waals surface area (Å²) in [6.07, 6.45) is 6.97. The minimum Gasteiger partial charge on any atom is -0.437 e. The fourth-order valence-electron chi connectivity index (χ4n) is 3.56. The molecule has 1 saturated carbocycles. The lowest BCUT2D eigenvalue weighted by molar-refractivity contribution is 0.460. The van der Waals surface area contributed by atoms with Gasteiger partial charge in [0.05, 0.1) is 23.0 Å². The van der Waals surface area contributed by atoms with Crippen LogP contribution in [0.5, 0.6) is 11.6 Å². The Morgan fingerprint density at radius 3 is 2.61 bits per heavy atom. The van der Waals surface area contributed by atoms with Crippen LogP contribution in [0.1, 0.15) is 24.4 Å². The highest BCUT2D eigenvalue weighted by molar-refractivity contribution is 5.95. The standard InChI is InChI=1S/C22H17N5O/c23-12-19-18-8-7-17(28-21-13-25-9-10-26-21)11-20(18)27(16-5-6-16)22(19)14-1-3-15(24)4-2-14/h1-4,7-11,13,16H,5-6,24H2. The summed E-state index contributed by atoms with van der Waals surface area (Å²) in [5, 5.41) is 10.8. The maximum Gasteiger partial charge on any atom is 0.237 e. The van der Waals surface area contributed by atoms with Crippen LogP contribution in [-0.4, -0.2) is 14.5 Å². The predicted octanol–water partition coefficient (Wildman–Crippen LogP) is 4.68. The van der Waals surface area contributed by atoms with Crippen LogP contribution >= 0.6 is 0 Å². The van der Waals surface area contributed by atoms with E-state index < -0.39 is 0 Å². The number of ether oxygens (including phenoxy) is 1. The molecule has 1 aliphatic carbocycles. The van der Waals surface area contributed by atoms with Crippen LogP contribution in [0.25, 0.3) is 22.2 Å². The number of aromatic nitrogens is 3. The first-order chi connectivity index (χ1) is 13.7. The van der Waals surface area contributed by atoms with Gasteiger partial charge in [0.2, 0.25) is 5.88 Å². The predicted molar refractivity (Wildman–Crippen MR) is 107 cm³/mol. The molecule has 0 bridgehead atoms. The molecule has 6 nitrogen and oxygen atoms in total. The van der Waals surface area contributed by atoms with Crippen molar-refractivity contribution < 1.29 is 4.74 Å². The number of nitrogens with zero attached hydrogens (tertiary/aromatic N) is 4. The Kier molecular flexibility index (Phi) is 3.73. The summed E-state index contributed by atoms with van der Waals surface area (Å²) in [5.74, 6) is 1.10. The second kappa shape index (κ2) is 6.39. The molecule has 2 heterocycles. The number of hydrogen-bond acceptors (Lipinski definition) is 5. The van der Waals surface area contributed by atoms with Crippen LogP contribution in [0.15, 0.2) is 61.1 Å². The number of anilines is 1. The van der Waals surface area contributed by atoms with E-state index in [1.165, 1.54) is 0 Å². The molecule has 0 unspecified atom stereocenters. The molecule has 0 radical (unpaired) electrons. The molecule has 1 fully saturated rings. The maximum atomic E-state index is 9.91. The Morgan fingerprint density at radius 1 is 1.11 bits per heavy atom. The van der Waals surface area contributed by atoms with E-state index >= 15 is 0 Å². The SMILES string of the molecule is N#Cc1c(-c2ccc(N)cc2)n(C2CC2)c2cc(Oc3cnccn3)ccc12. The van der Waals surface area contributed by atoms with Crippen LogP contribution in [0.4, 0.5) is 5.69 Å². The lowest BCUT2D eigenvalue weighted by Crippen LogP contribution is -1.98. The Bertz CT molecular complexity index is 1200. The van der Waals surface area contributed by atoms with Gasteiger partial charge in [-0.1, -0.05) is 12.1 Å². The average molecular weight is 367 g/mol. The van der Waals surface area contributed by atoms with Gasteiger partial charge in [0.15, 0.2) is 0 Å². The Balaban J connectivity index is 1.70. The summed E-state index contributed by atoms with van der Waals surface area (Å²) >= 11 is 0. The normalized spacial score (nSPS) is 13.4. The summed E-state index contributed by atoms with van der Waals surface area (Å²) in [4.78, 5) is 8.19. The Hall–Kier alpha value is -3.85. The van der Waals surface area contributed by atoms with Crippen molar-refractivity contribution in [3.05, 3.63) is 66.6 Å². The first-order valence-corrected chi connectivity index (χ1v) is 9.12. The van der Waals surface area contributed by atoms with Gasteiger partial charge in [0.25, 0.3) is 0 Å². The van der Waals surface area contributed by atoms with Crippen molar-refractivity contribution in [1.29, 1.82) is 5.26 Å². The van der Waals surface area contributed by atoms with Gasteiger partial charge in [-0.3, -0.25) is 4.98 Å². The number of benzene rings is 2. The van der Waals surface area contributed by atoms with Crippen molar-refractivity contribution in [3.8, 4) is 29.0 Å². The third-order valence-corrected chi connectivity index (χ3v) is 4.95. The molecule has 0 aliphatic heterocycles. The first-order valence-electron chi connectivity index (χ1n) is 9.12. The van der Waals surface area contributed by atoms with Crippen LogP contribution in [0.3, 0.4) is 0 Å². The Labute approximate surface area is 161 Å². The number of nitrogens with two attached hydrogens (primary N) is 1. The second-order valence-electron chi connectivity index (χ2n) is 6.88. The molecule has 0 saturated heterocycles. The van der Waals surface area contributed by atoms with E-state index in [2.05, 4.69) is 20.6 Å². The van der Waals surface area contributed by atoms with Crippen molar-refractivity contribution in [3.63, 3.8) is 0 Å². The lowest BCUT2D eigenvalue weighted by atomic mass is 10.1. The molecule has 0 spiro atoms. The van der Waals surface area contributed by atoms with Crippen molar-refractivity contribution in [2.45, 2.75) is 18.9 Å². The zero-order chi connectivity index (χ0) is 19.1. The fourth-order valence-corrected chi connectivity index (χ4v) is 3.56. The minimum atomic E-state index is 0.393. The first kappa shape index (κ1) is 16.3. The number of hydrogen-bond donors (Lipinski definition) is 1. The molecule has 2 N–H and O–H groups in total. The molecule has 28 heavy (non-hydrogen) atoms. The number of fused-ring (bicyclic) bond motifs is 1. The average Bonchev–Trinajstić information content (AvgIpc) is 3.51. The number of rotatable bonds is 4. The highest BCUT2D eigenvalue weighted by Gasteiger charge is 2.30. The van der Waals surface area contributed by atoms with Crippen LogP contribution in [0.2, 0.25) is 0 Å². The molecule has 0 atom stereocenters. The van der Waals surface area contributed by atoms with Crippen molar-refractivity contribution in [1.82, 2.24) is 14.5 Å². The zero-order valence-corrected chi connectivity index (χ0v) is 15.0. The highest BCUT2D eigenvalue weighted by Crippen LogP contribution is 2.45. The second-order valence-corrected chi connectivity index (χ2v) is 6.88. The summed E-state index contributed by atoms with van der Waals surface area (Å²) in [6, 6.07) is 16.3. The van der Waals surface area contributed by atoms with Crippen molar-refractivity contribution in [2.75, 3.05) is 5.73 Å². The largest absolute Gasteiger partial charge is 0.437 e. The van der Waals surface area contributed by atoms with Gasteiger partial charge in [-0.2, -0.15) is 5.26 Å². The summed E-state index contributed by atoms with van der Waals surface area (Å²) in [7, 11) is 0. The van der Waals surface area contributed by atoms with Gasteiger partial charge in [-0.25, -0.2) is 4.98 Å². The van der Waals surface area contributed by atoms with Gasteiger partial charge >= 0.3 is 0 Å². The van der Waals surface area contributed by atoms with E-state index in [-0.39, 0.29) is 0 Å². The van der Waals surface area contributed by atoms with E-state index in [0.29, 0.717) is 28.9 Å². The third kappa shape index (κ3) is 2.74. The summed E-state index contributed by atoms with van der Waals surface area (Å²) in [6.45, 7) is 0. The maximum absolute atomic E-state index is 9.91. The van der Waals surface area contributed by atoms with Crippen molar-refractivity contribution >= 4 is 16.6 Å². The number of nitriles is 1. The summed E-state index contributed by atoms with van der Waals surface area (Å²) < 4.78 is 8.13. The molecule has 1 aliphatic rings. The fraction of sp³-hybridized carbons (Fsp3) is 0.136. The summed E-state index contributed by atoms with van der Waals surface area (Å²) in [5.41, 5.74) is 10.2. The van der Waals surface area contributed by atoms with E-state index in [0.717, 1.165) is 35.0 Å². The quantitative estimate of drug-likeness (QED) is 0.529. The van der Waals surface area contributed by atoms with Crippen LogP contribution in [0, 0.1) is 11.3 Å². The van der Waals surface area contributed by atoms with Gasteiger partial charge in [-0.15, -0.1) is 0 Å². The van der Waals surface area contributed by atoms with E-state index in [4.69, 9.17) is 10.5 Å². The molecular weight excluding hydrogens is 350 g/mol.